The highest BCUT2D eigenvalue weighted by Crippen LogP contribution is 2.19. The average Bonchev–Trinajstić information content (AvgIpc) is 3.08. The zero-order valence-corrected chi connectivity index (χ0v) is 15.9. The Balaban J connectivity index is 1.86. The molecule has 2 aromatic heterocycles. The summed E-state index contributed by atoms with van der Waals surface area (Å²) in [5.41, 5.74) is 2.12. The topological polar surface area (TPSA) is 89.8 Å². The van der Waals surface area contributed by atoms with Crippen LogP contribution in [-0.4, -0.2) is 25.7 Å². The van der Waals surface area contributed by atoms with Gasteiger partial charge >= 0.3 is 0 Å². The standard InChI is InChI=1S/C18H21N5O2S/c1-4-6-7-15-21-22-18(26-15)20-16(24)12-8-9-14-13(10-12)19-11(3)17(25)23(14)5-2/h8-10H,4-7H2,1-3H3,(H,20,22,24). The number of nitrogens with zero attached hydrogens (tertiary/aromatic N) is 4. The number of benzene rings is 1. The zero-order chi connectivity index (χ0) is 18.7. The lowest BCUT2D eigenvalue weighted by atomic mass is 10.1. The highest BCUT2D eigenvalue weighted by Gasteiger charge is 2.13. The van der Waals surface area contributed by atoms with Crippen molar-refractivity contribution in [1.29, 1.82) is 0 Å². The number of carbonyl (C=O) groups excluding carboxylic acids is 1. The number of aromatic nitrogens is 4. The summed E-state index contributed by atoms with van der Waals surface area (Å²) >= 11 is 1.39. The summed E-state index contributed by atoms with van der Waals surface area (Å²) in [4.78, 5) is 29.0. The van der Waals surface area contributed by atoms with E-state index >= 15 is 0 Å². The lowest BCUT2D eigenvalue weighted by Gasteiger charge is -2.09. The van der Waals surface area contributed by atoms with Crippen molar-refractivity contribution < 1.29 is 4.79 Å². The fourth-order valence-electron chi connectivity index (χ4n) is 2.73. The van der Waals surface area contributed by atoms with Crippen LogP contribution in [0, 0.1) is 6.92 Å². The van der Waals surface area contributed by atoms with Crippen LogP contribution in [0.4, 0.5) is 5.13 Å². The first kappa shape index (κ1) is 18.2. The number of hydrogen-bond donors (Lipinski definition) is 1. The van der Waals surface area contributed by atoms with Crippen molar-refractivity contribution in [3.63, 3.8) is 0 Å². The van der Waals surface area contributed by atoms with Crippen LogP contribution in [0.5, 0.6) is 0 Å². The third-order valence-corrected chi connectivity index (χ3v) is 5.02. The van der Waals surface area contributed by atoms with Crippen molar-refractivity contribution in [2.75, 3.05) is 5.32 Å². The number of amides is 1. The largest absolute Gasteiger partial charge is 0.305 e. The second-order valence-corrected chi connectivity index (χ2v) is 7.07. The fraction of sp³-hybridized carbons (Fsp3) is 0.389. The van der Waals surface area contributed by atoms with E-state index in [9.17, 15) is 9.59 Å². The maximum atomic E-state index is 12.5. The van der Waals surface area contributed by atoms with Crippen LogP contribution in [0.1, 0.15) is 47.7 Å². The number of rotatable bonds is 6. The number of carbonyl (C=O) groups is 1. The van der Waals surface area contributed by atoms with Crippen molar-refractivity contribution in [3.05, 3.63) is 44.8 Å². The van der Waals surface area contributed by atoms with E-state index < -0.39 is 0 Å². The third-order valence-electron chi connectivity index (χ3n) is 4.12. The summed E-state index contributed by atoms with van der Waals surface area (Å²) in [6.45, 7) is 6.26. The number of nitrogens with one attached hydrogen (secondary N) is 1. The molecule has 3 rings (SSSR count). The van der Waals surface area contributed by atoms with E-state index in [1.807, 2.05) is 6.92 Å². The molecule has 0 spiro atoms. The highest BCUT2D eigenvalue weighted by molar-refractivity contribution is 7.15. The van der Waals surface area contributed by atoms with Gasteiger partial charge < -0.3 is 4.57 Å². The molecule has 0 saturated heterocycles. The van der Waals surface area contributed by atoms with E-state index in [0.717, 1.165) is 29.8 Å². The van der Waals surface area contributed by atoms with Crippen LogP contribution in [0.3, 0.4) is 0 Å². The van der Waals surface area contributed by atoms with Crippen molar-refractivity contribution in [1.82, 2.24) is 19.7 Å². The minimum atomic E-state index is -0.265. The fourth-order valence-corrected chi connectivity index (χ4v) is 3.51. The molecule has 1 N–H and O–H groups in total. The molecule has 0 bridgehead atoms. The van der Waals surface area contributed by atoms with E-state index in [2.05, 4.69) is 27.4 Å². The third kappa shape index (κ3) is 3.65. The van der Waals surface area contributed by atoms with Crippen LogP contribution in [0.25, 0.3) is 11.0 Å². The maximum absolute atomic E-state index is 12.5. The first-order chi connectivity index (χ1) is 12.5. The molecule has 3 aromatic rings. The number of anilines is 1. The molecule has 0 radical (unpaired) electrons. The van der Waals surface area contributed by atoms with Gasteiger partial charge in [0.25, 0.3) is 11.5 Å². The lowest BCUT2D eigenvalue weighted by molar-refractivity contribution is 0.102. The molecule has 7 nitrogen and oxygen atoms in total. The van der Waals surface area contributed by atoms with Gasteiger partial charge in [-0.2, -0.15) is 0 Å². The molecule has 0 aliphatic heterocycles. The van der Waals surface area contributed by atoms with Gasteiger partial charge in [-0.05, 0) is 38.5 Å². The molecule has 0 unspecified atom stereocenters. The summed E-state index contributed by atoms with van der Waals surface area (Å²) in [5.74, 6) is -0.265. The lowest BCUT2D eigenvalue weighted by Crippen LogP contribution is -2.23. The quantitative estimate of drug-likeness (QED) is 0.719. The van der Waals surface area contributed by atoms with Gasteiger partial charge in [0.1, 0.15) is 10.7 Å². The summed E-state index contributed by atoms with van der Waals surface area (Å²) in [6.07, 6.45) is 3.02. The number of unbranched alkanes of at least 4 members (excludes halogenated alkanes) is 1. The zero-order valence-electron chi connectivity index (χ0n) is 15.1. The Hall–Kier alpha value is -2.61. The van der Waals surface area contributed by atoms with Gasteiger partial charge in [-0.25, -0.2) is 4.98 Å². The predicted octanol–water partition coefficient (Wildman–Crippen LogP) is 3.17. The summed E-state index contributed by atoms with van der Waals surface area (Å²) in [5, 5.41) is 12.3. The van der Waals surface area contributed by atoms with Crippen molar-refractivity contribution in [2.45, 2.75) is 46.6 Å². The minimum absolute atomic E-state index is 0.106. The Bertz CT molecular complexity index is 1010. The molecule has 1 amide bonds. The van der Waals surface area contributed by atoms with E-state index in [1.54, 1.807) is 29.7 Å². The maximum Gasteiger partial charge on any atom is 0.272 e. The molecular formula is C18H21N5O2S. The van der Waals surface area contributed by atoms with Crippen LogP contribution >= 0.6 is 11.3 Å². The van der Waals surface area contributed by atoms with Gasteiger partial charge in [0, 0.05) is 18.5 Å². The van der Waals surface area contributed by atoms with Crippen LogP contribution in [0.2, 0.25) is 0 Å². The molecule has 136 valence electrons. The number of hydrogen-bond acceptors (Lipinski definition) is 6. The summed E-state index contributed by atoms with van der Waals surface area (Å²) in [7, 11) is 0. The Morgan fingerprint density at radius 3 is 2.81 bits per heavy atom. The highest BCUT2D eigenvalue weighted by atomic mass is 32.1. The first-order valence-corrected chi connectivity index (χ1v) is 9.50. The molecule has 0 atom stereocenters. The Morgan fingerprint density at radius 2 is 2.08 bits per heavy atom. The summed E-state index contributed by atoms with van der Waals surface area (Å²) in [6, 6.07) is 5.15. The second-order valence-electron chi connectivity index (χ2n) is 6.01. The minimum Gasteiger partial charge on any atom is -0.305 e. The Labute approximate surface area is 155 Å². The van der Waals surface area contributed by atoms with E-state index in [0.29, 0.717) is 28.5 Å². The molecular weight excluding hydrogens is 350 g/mol. The van der Waals surface area contributed by atoms with Gasteiger partial charge in [0.15, 0.2) is 0 Å². The first-order valence-electron chi connectivity index (χ1n) is 8.68. The number of aryl methyl sites for hydroxylation is 3. The molecule has 0 saturated carbocycles. The smallest absolute Gasteiger partial charge is 0.272 e. The van der Waals surface area contributed by atoms with E-state index in [-0.39, 0.29) is 11.5 Å². The molecule has 8 heteroatoms. The van der Waals surface area contributed by atoms with Crippen molar-refractivity contribution in [2.24, 2.45) is 0 Å². The molecule has 0 fully saturated rings. The van der Waals surface area contributed by atoms with E-state index in [4.69, 9.17) is 0 Å². The Morgan fingerprint density at radius 1 is 1.27 bits per heavy atom. The van der Waals surface area contributed by atoms with Crippen LogP contribution < -0.4 is 10.9 Å². The second kappa shape index (κ2) is 7.74. The normalized spacial score (nSPS) is 11.0. The molecule has 0 aliphatic rings. The van der Waals surface area contributed by atoms with Crippen molar-refractivity contribution >= 4 is 33.4 Å². The molecule has 2 heterocycles. The number of fused-ring (bicyclic) bond motifs is 1. The van der Waals surface area contributed by atoms with Crippen molar-refractivity contribution in [3.8, 4) is 0 Å². The molecule has 0 aliphatic carbocycles. The average molecular weight is 371 g/mol. The Kier molecular flexibility index (Phi) is 5.41. The van der Waals surface area contributed by atoms with Crippen LogP contribution in [-0.2, 0) is 13.0 Å². The van der Waals surface area contributed by atoms with Gasteiger partial charge in [0.2, 0.25) is 5.13 Å². The predicted molar refractivity (Wildman–Crippen MR) is 103 cm³/mol. The SMILES string of the molecule is CCCCc1nnc(NC(=O)c2ccc3c(c2)nc(C)c(=O)n3CC)s1. The van der Waals surface area contributed by atoms with E-state index in [1.165, 1.54) is 11.3 Å². The van der Waals surface area contributed by atoms with Gasteiger partial charge in [0.05, 0.1) is 11.0 Å². The molecule has 1 aromatic carbocycles. The summed E-state index contributed by atoms with van der Waals surface area (Å²) < 4.78 is 1.66. The van der Waals surface area contributed by atoms with Gasteiger partial charge in [-0.15, -0.1) is 10.2 Å². The monoisotopic (exact) mass is 371 g/mol. The van der Waals surface area contributed by atoms with Crippen LogP contribution in [0.15, 0.2) is 23.0 Å². The van der Waals surface area contributed by atoms with Gasteiger partial charge in [-0.3, -0.25) is 14.9 Å². The molecule has 26 heavy (non-hydrogen) atoms. The van der Waals surface area contributed by atoms with Gasteiger partial charge in [-0.1, -0.05) is 24.7 Å².